The van der Waals surface area contributed by atoms with Gasteiger partial charge in [0.1, 0.15) is 11.3 Å². The van der Waals surface area contributed by atoms with Crippen molar-refractivity contribution in [2.45, 2.75) is 19.8 Å². The lowest BCUT2D eigenvalue weighted by molar-refractivity contribution is 0.0499. The van der Waals surface area contributed by atoms with E-state index in [0.717, 1.165) is 12.8 Å². The third kappa shape index (κ3) is 5.46. The summed E-state index contributed by atoms with van der Waals surface area (Å²) < 4.78 is 10.1. The van der Waals surface area contributed by atoms with Crippen LogP contribution in [0.1, 0.15) is 40.5 Å². The molecule has 0 fully saturated rings. The molecule has 0 heterocycles. The number of aromatic carboxylic acids is 1. The number of phenols is 1. The van der Waals surface area contributed by atoms with Gasteiger partial charge in [-0.1, -0.05) is 19.4 Å². The van der Waals surface area contributed by atoms with Crippen molar-refractivity contribution in [2.24, 2.45) is 0 Å². The Labute approximate surface area is 155 Å². The Hall–Kier alpha value is -3.55. The molecule has 0 aliphatic rings. The zero-order chi connectivity index (χ0) is 19.8. The molecule has 2 rings (SSSR count). The predicted octanol–water partition coefficient (Wildman–Crippen LogP) is 3.66. The van der Waals surface area contributed by atoms with E-state index in [9.17, 15) is 19.5 Å². The fraction of sp³-hybridized carbons (Fsp3) is 0.211. The molecule has 0 saturated carbocycles. The minimum atomic E-state index is -1.33. The van der Waals surface area contributed by atoms with Gasteiger partial charge >= 0.3 is 18.0 Å². The fourth-order valence-electron chi connectivity index (χ4n) is 2.11. The quantitative estimate of drug-likeness (QED) is 0.384. The van der Waals surface area contributed by atoms with Crippen LogP contribution in [0.5, 0.6) is 11.5 Å². The Bertz CT molecular complexity index is 830. The van der Waals surface area contributed by atoms with Crippen molar-refractivity contribution in [1.29, 1.82) is 0 Å². The zero-order valence-corrected chi connectivity index (χ0v) is 14.6. The van der Waals surface area contributed by atoms with Crippen LogP contribution in [0.25, 0.3) is 0 Å². The van der Waals surface area contributed by atoms with Gasteiger partial charge in [0.15, 0.2) is 5.75 Å². The van der Waals surface area contributed by atoms with Gasteiger partial charge in [0.2, 0.25) is 0 Å². The van der Waals surface area contributed by atoms with Gasteiger partial charge in [-0.3, -0.25) is 5.32 Å². The second kappa shape index (κ2) is 9.23. The van der Waals surface area contributed by atoms with E-state index in [4.69, 9.17) is 14.6 Å². The summed E-state index contributed by atoms with van der Waals surface area (Å²) in [5, 5.41) is 21.1. The van der Waals surface area contributed by atoms with E-state index >= 15 is 0 Å². The molecular formula is C19H19NO7. The number of rotatable bonds is 7. The van der Waals surface area contributed by atoms with Crippen LogP contribution in [0.3, 0.4) is 0 Å². The van der Waals surface area contributed by atoms with E-state index < -0.39 is 23.8 Å². The number of aromatic hydroxyl groups is 1. The van der Waals surface area contributed by atoms with Crippen LogP contribution in [0.4, 0.5) is 10.5 Å². The number of amides is 1. The summed E-state index contributed by atoms with van der Waals surface area (Å²) >= 11 is 0. The maximum absolute atomic E-state index is 11.9. The summed E-state index contributed by atoms with van der Waals surface area (Å²) in [6.45, 7) is 2.33. The van der Waals surface area contributed by atoms with Crippen LogP contribution in [0.2, 0.25) is 0 Å². The molecule has 0 bridgehead atoms. The van der Waals surface area contributed by atoms with Gasteiger partial charge in [0, 0.05) is 0 Å². The first-order chi connectivity index (χ1) is 12.9. The van der Waals surface area contributed by atoms with Crippen molar-refractivity contribution in [3.8, 4) is 11.5 Å². The highest BCUT2D eigenvalue weighted by Crippen LogP contribution is 2.27. The maximum Gasteiger partial charge on any atom is 0.417 e. The molecule has 0 radical (unpaired) electrons. The molecule has 8 nitrogen and oxygen atoms in total. The fourth-order valence-corrected chi connectivity index (χ4v) is 2.11. The highest BCUT2D eigenvalue weighted by atomic mass is 16.6. The Morgan fingerprint density at radius 3 is 2.41 bits per heavy atom. The van der Waals surface area contributed by atoms with Gasteiger partial charge in [0.25, 0.3) is 0 Å². The maximum atomic E-state index is 11.9. The number of carboxylic acids is 1. The number of carboxylic acid groups (broad SMARTS) is 1. The molecule has 0 saturated heterocycles. The second-order valence-electron chi connectivity index (χ2n) is 5.54. The number of nitrogens with one attached hydrogen (secondary N) is 1. The lowest BCUT2D eigenvalue weighted by atomic mass is 10.2. The van der Waals surface area contributed by atoms with Crippen LogP contribution in [0, 0.1) is 0 Å². The SMILES string of the molecule is CCCCOC(=O)c1ccc(OC(=O)Nc2cccc(C(=O)O)c2O)cc1. The van der Waals surface area contributed by atoms with E-state index in [1.807, 2.05) is 6.92 Å². The summed E-state index contributed by atoms with van der Waals surface area (Å²) in [7, 11) is 0. The number of carbonyl (C=O) groups excluding carboxylic acids is 2. The van der Waals surface area contributed by atoms with Gasteiger partial charge in [0.05, 0.1) is 17.9 Å². The summed E-state index contributed by atoms with van der Waals surface area (Å²) in [4.78, 5) is 34.7. The topological polar surface area (TPSA) is 122 Å². The summed E-state index contributed by atoms with van der Waals surface area (Å²) in [6.07, 6.45) is 0.773. The smallest absolute Gasteiger partial charge is 0.417 e. The molecule has 0 spiro atoms. The third-order valence-electron chi connectivity index (χ3n) is 3.53. The standard InChI is InChI=1S/C19H19NO7/c1-2-3-11-26-18(24)12-7-9-13(10-8-12)27-19(25)20-15-6-4-5-14(16(15)21)17(22)23/h4-10,21H,2-3,11H2,1H3,(H,20,25)(H,22,23). The third-order valence-corrected chi connectivity index (χ3v) is 3.53. The number of hydrogen-bond donors (Lipinski definition) is 3. The Balaban J connectivity index is 1.97. The molecule has 27 heavy (non-hydrogen) atoms. The molecule has 0 aliphatic carbocycles. The normalized spacial score (nSPS) is 10.1. The summed E-state index contributed by atoms with van der Waals surface area (Å²) in [6, 6.07) is 9.66. The monoisotopic (exact) mass is 373 g/mol. The van der Waals surface area contributed by atoms with Crippen molar-refractivity contribution in [3.63, 3.8) is 0 Å². The molecule has 2 aromatic rings. The Morgan fingerprint density at radius 2 is 1.78 bits per heavy atom. The van der Waals surface area contributed by atoms with Crippen LogP contribution in [-0.2, 0) is 4.74 Å². The molecule has 3 N–H and O–H groups in total. The average molecular weight is 373 g/mol. The van der Waals surface area contributed by atoms with Gasteiger partial charge in [-0.25, -0.2) is 14.4 Å². The van der Waals surface area contributed by atoms with Gasteiger partial charge in [-0.2, -0.15) is 0 Å². The predicted molar refractivity (Wildman–Crippen MR) is 96.3 cm³/mol. The van der Waals surface area contributed by atoms with Crippen molar-refractivity contribution in [1.82, 2.24) is 0 Å². The van der Waals surface area contributed by atoms with Crippen LogP contribution < -0.4 is 10.1 Å². The van der Waals surface area contributed by atoms with Gasteiger partial charge in [-0.05, 0) is 42.8 Å². The molecule has 2 aromatic carbocycles. The minimum Gasteiger partial charge on any atom is -0.505 e. The minimum absolute atomic E-state index is 0.101. The zero-order valence-electron chi connectivity index (χ0n) is 14.6. The van der Waals surface area contributed by atoms with Gasteiger partial charge < -0.3 is 19.7 Å². The van der Waals surface area contributed by atoms with Crippen LogP contribution in [0.15, 0.2) is 42.5 Å². The Kier molecular flexibility index (Phi) is 6.76. The number of hydrogen-bond acceptors (Lipinski definition) is 6. The number of unbranched alkanes of at least 4 members (excludes halogenated alkanes) is 1. The number of benzene rings is 2. The second-order valence-corrected chi connectivity index (χ2v) is 5.54. The lowest BCUT2D eigenvalue weighted by Crippen LogP contribution is -2.17. The lowest BCUT2D eigenvalue weighted by Gasteiger charge is -2.10. The highest BCUT2D eigenvalue weighted by Gasteiger charge is 2.15. The summed E-state index contributed by atoms with van der Waals surface area (Å²) in [5.41, 5.74) is -0.125. The molecule has 0 aliphatic heterocycles. The van der Waals surface area contributed by atoms with Crippen LogP contribution >= 0.6 is 0 Å². The highest BCUT2D eigenvalue weighted by molar-refractivity contribution is 5.96. The number of para-hydroxylation sites is 1. The molecule has 0 unspecified atom stereocenters. The largest absolute Gasteiger partial charge is 0.505 e. The van der Waals surface area contributed by atoms with Crippen LogP contribution in [-0.4, -0.2) is 34.9 Å². The number of esters is 1. The first kappa shape index (κ1) is 19.8. The van der Waals surface area contributed by atoms with Gasteiger partial charge in [-0.15, -0.1) is 0 Å². The van der Waals surface area contributed by atoms with E-state index in [1.54, 1.807) is 0 Å². The van der Waals surface area contributed by atoms with E-state index in [-0.39, 0.29) is 17.0 Å². The molecule has 0 aromatic heterocycles. The number of anilines is 1. The van der Waals surface area contributed by atoms with Crippen molar-refractivity contribution >= 4 is 23.7 Å². The number of ether oxygens (including phenoxy) is 2. The molecule has 8 heteroatoms. The van der Waals surface area contributed by atoms with E-state index in [2.05, 4.69) is 5.32 Å². The van der Waals surface area contributed by atoms with E-state index in [0.29, 0.717) is 12.2 Å². The molecule has 142 valence electrons. The molecule has 1 amide bonds. The van der Waals surface area contributed by atoms with Crippen molar-refractivity contribution in [2.75, 3.05) is 11.9 Å². The number of carbonyl (C=O) groups is 3. The average Bonchev–Trinajstić information content (AvgIpc) is 2.64. The molecule has 0 atom stereocenters. The summed E-state index contributed by atoms with van der Waals surface area (Å²) in [5.74, 6) is -2.21. The van der Waals surface area contributed by atoms with Crippen molar-refractivity contribution < 1.29 is 34.1 Å². The molecular weight excluding hydrogens is 354 g/mol. The first-order valence-electron chi connectivity index (χ1n) is 8.23. The Morgan fingerprint density at radius 1 is 1.07 bits per heavy atom. The van der Waals surface area contributed by atoms with E-state index in [1.165, 1.54) is 42.5 Å². The first-order valence-corrected chi connectivity index (χ1v) is 8.23. The van der Waals surface area contributed by atoms with Crippen molar-refractivity contribution in [3.05, 3.63) is 53.6 Å².